The van der Waals surface area contributed by atoms with E-state index in [9.17, 15) is 4.79 Å². The molecule has 2 aromatic carbocycles. The van der Waals surface area contributed by atoms with Gasteiger partial charge in [0.05, 0.1) is 0 Å². The maximum absolute atomic E-state index is 12.5. The summed E-state index contributed by atoms with van der Waals surface area (Å²) < 4.78 is 11.3. The van der Waals surface area contributed by atoms with Gasteiger partial charge < -0.3 is 14.4 Å². The van der Waals surface area contributed by atoms with Crippen LogP contribution in [-0.4, -0.2) is 42.2 Å². The predicted octanol–water partition coefficient (Wildman–Crippen LogP) is 4.42. The van der Waals surface area contributed by atoms with Gasteiger partial charge in [0, 0.05) is 18.7 Å². The highest BCUT2D eigenvalue weighted by atomic mass is 32.1. The molecule has 3 rings (SSSR count). The Labute approximate surface area is 178 Å². The van der Waals surface area contributed by atoms with Crippen LogP contribution < -0.4 is 14.8 Å². The number of benzene rings is 2. The molecule has 0 spiro atoms. The van der Waals surface area contributed by atoms with Crippen LogP contribution in [0.1, 0.15) is 42.5 Å². The second-order valence-electron chi connectivity index (χ2n) is 7.20. The van der Waals surface area contributed by atoms with Crippen molar-refractivity contribution in [3.8, 4) is 11.5 Å². The van der Waals surface area contributed by atoms with Crippen molar-refractivity contribution < 1.29 is 14.3 Å². The molecule has 0 aromatic heterocycles. The van der Waals surface area contributed by atoms with E-state index < -0.39 is 0 Å². The molecule has 0 unspecified atom stereocenters. The van der Waals surface area contributed by atoms with Crippen LogP contribution in [0, 0.1) is 0 Å². The van der Waals surface area contributed by atoms with Gasteiger partial charge >= 0.3 is 0 Å². The summed E-state index contributed by atoms with van der Waals surface area (Å²) >= 11 is 5.43. The molecule has 2 aromatic rings. The Kier molecular flexibility index (Phi) is 7.87. The van der Waals surface area contributed by atoms with Crippen molar-refractivity contribution in [2.75, 3.05) is 20.3 Å². The zero-order valence-corrected chi connectivity index (χ0v) is 17.6. The average molecular weight is 413 g/mol. The third kappa shape index (κ3) is 6.46. The summed E-state index contributed by atoms with van der Waals surface area (Å²) in [5.74, 6) is 1.31. The Hall–Kier alpha value is -2.60. The minimum atomic E-state index is -0.198. The molecule has 1 N–H and O–H groups in total. The van der Waals surface area contributed by atoms with E-state index in [1.54, 1.807) is 24.3 Å². The molecule has 0 radical (unpaired) electrons. The Balaban J connectivity index is 1.42. The Morgan fingerprint density at radius 2 is 1.55 bits per heavy atom. The van der Waals surface area contributed by atoms with E-state index in [2.05, 4.69) is 5.32 Å². The fourth-order valence-electron chi connectivity index (χ4n) is 3.43. The van der Waals surface area contributed by atoms with E-state index in [-0.39, 0.29) is 5.91 Å². The van der Waals surface area contributed by atoms with Gasteiger partial charge in [0.1, 0.15) is 24.7 Å². The first kappa shape index (κ1) is 21.1. The molecule has 1 fully saturated rings. The zero-order chi connectivity index (χ0) is 20.5. The summed E-state index contributed by atoms with van der Waals surface area (Å²) in [4.78, 5) is 14.5. The fraction of sp³-hybridized carbons (Fsp3) is 0.391. The molecule has 5 nitrogen and oxygen atoms in total. The lowest BCUT2D eigenvalue weighted by Crippen LogP contribution is -2.46. The highest BCUT2D eigenvalue weighted by Gasteiger charge is 2.21. The van der Waals surface area contributed by atoms with Crippen LogP contribution in [0.5, 0.6) is 11.5 Å². The summed E-state index contributed by atoms with van der Waals surface area (Å²) in [5.41, 5.74) is 0.553. The molecule has 0 saturated heterocycles. The first-order valence-electron chi connectivity index (χ1n) is 10.1. The highest BCUT2D eigenvalue weighted by molar-refractivity contribution is 7.80. The van der Waals surface area contributed by atoms with Crippen LogP contribution >= 0.6 is 12.2 Å². The van der Waals surface area contributed by atoms with Crippen molar-refractivity contribution in [2.24, 2.45) is 0 Å². The first-order chi connectivity index (χ1) is 14.1. The number of nitrogens with one attached hydrogen (secondary N) is 1. The lowest BCUT2D eigenvalue weighted by atomic mass is 9.95. The van der Waals surface area contributed by atoms with Crippen molar-refractivity contribution >= 4 is 23.2 Å². The lowest BCUT2D eigenvalue weighted by Gasteiger charge is -2.32. The van der Waals surface area contributed by atoms with Crippen LogP contribution in [0.3, 0.4) is 0 Å². The highest BCUT2D eigenvalue weighted by Crippen LogP contribution is 2.21. The van der Waals surface area contributed by atoms with Gasteiger partial charge in [0.15, 0.2) is 5.11 Å². The molecule has 6 heteroatoms. The Morgan fingerprint density at radius 3 is 2.17 bits per heavy atom. The predicted molar refractivity (Wildman–Crippen MR) is 119 cm³/mol. The topological polar surface area (TPSA) is 50.8 Å². The monoisotopic (exact) mass is 412 g/mol. The van der Waals surface area contributed by atoms with E-state index in [4.69, 9.17) is 21.7 Å². The number of hydrogen-bond donors (Lipinski definition) is 1. The maximum Gasteiger partial charge on any atom is 0.257 e. The van der Waals surface area contributed by atoms with Gasteiger partial charge in [-0.05, 0) is 61.5 Å². The van der Waals surface area contributed by atoms with Gasteiger partial charge in [-0.15, -0.1) is 0 Å². The van der Waals surface area contributed by atoms with Crippen LogP contribution in [0.2, 0.25) is 0 Å². The fourth-order valence-corrected chi connectivity index (χ4v) is 3.67. The molecule has 0 atom stereocenters. The van der Waals surface area contributed by atoms with E-state index in [1.807, 2.05) is 42.3 Å². The number of thiocarbonyl (C=S) groups is 1. The number of carbonyl (C=O) groups excluding carboxylic acids is 1. The molecule has 1 amide bonds. The zero-order valence-electron chi connectivity index (χ0n) is 16.8. The normalized spacial score (nSPS) is 14.1. The number of carbonyl (C=O) groups is 1. The summed E-state index contributed by atoms with van der Waals surface area (Å²) in [6.07, 6.45) is 6.00. The van der Waals surface area contributed by atoms with Gasteiger partial charge in [-0.2, -0.15) is 0 Å². The molecule has 1 saturated carbocycles. The van der Waals surface area contributed by atoms with Crippen LogP contribution in [0.15, 0.2) is 54.6 Å². The van der Waals surface area contributed by atoms with Crippen LogP contribution in [-0.2, 0) is 0 Å². The van der Waals surface area contributed by atoms with Gasteiger partial charge in [0.2, 0.25) is 0 Å². The quantitative estimate of drug-likeness (QED) is 0.539. The van der Waals surface area contributed by atoms with Gasteiger partial charge in [-0.1, -0.05) is 37.5 Å². The number of nitrogens with zero attached hydrogens (tertiary/aromatic N) is 1. The number of ether oxygens (including phenoxy) is 2. The number of hydrogen-bond acceptors (Lipinski definition) is 4. The van der Waals surface area contributed by atoms with Gasteiger partial charge in [-0.25, -0.2) is 0 Å². The Bertz CT molecular complexity index is 790. The number of rotatable bonds is 7. The molecule has 154 valence electrons. The summed E-state index contributed by atoms with van der Waals surface area (Å²) in [5, 5.41) is 3.33. The summed E-state index contributed by atoms with van der Waals surface area (Å²) in [6, 6.07) is 17.1. The van der Waals surface area contributed by atoms with Crippen molar-refractivity contribution in [3.63, 3.8) is 0 Å². The van der Waals surface area contributed by atoms with E-state index >= 15 is 0 Å². The molecule has 0 heterocycles. The third-order valence-electron chi connectivity index (χ3n) is 5.14. The standard InChI is InChI=1S/C23H28N2O3S/c1-25(19-8-4-2-5-9-19)23(29)24-22(26)18-12-14-21(15-13-18)28-17-16-27-20-10-6-3-7-11-20/h3,6-7,10-15,19H,2,4-5,8-9,16-17H2,1H3,(H,24,26,29). The molecule has 29 heavy (non-hydrogen) atoms. The third-order valence-corrected chi connectivity index (χ3v) is 5.53. The van der Waals surface area contributed by atoms with Crippen molar-refractivity contribution in [3.05, 3.63) is 60.2 Å². The van der Waals surface area contributed by atoms with Crippen LogP contribution in [0.4, 0.5) is 0 Å². The molecular weight excluding hydrogens is 384 g/mol. The smallest absolute Gasteiger partial charge is 0.257 e. The number of amides is 1. The van der Waals surface area contributed by atoms with Gasteiger partial charge in [0.25, 0.3) is 5.91 Å². The molecule has 0 bridgehead atoms. The van der Waals surface area contributed by atoms with E-state index in [1.165, 1.54) is 19.3 Å². The molecule has 0 aliphatic heterocycles. The minimum absolute atomic E-state index is 0.198. The maximum atomic E-state index is 12.5. The van der Waals surface area contributed by atoms with Gasteiger partial charge in [-0.3, -0.25) is 10.1 Å². The Morgan fingerprint density at radius 1 is 0.966 bits per heavy atom. The lowest BCUT2D eigenvalue weighted by molar-refractivity contribution is 0.0971. The second kappa shape index (κ2) is 10.8. The molecule has 1 aliphatic rings. The van der Waals surface area contributed by atoms with Crippen molar-refractivity contribution in [1.82, 2.24) is 10.2 Å². The second-order valence-corrected chi connectivity index (χ2v) is 7.58. The molecular formula is C23H28N2O3S. The van der Waals surface area contributed by atoms with Crippen LogP contribution in [0.25, 0.3) is 0 Å². The van der Waals surface area contributed by atoms with E-state index in [0.29, 0.717) is 35.7 Å². The summed E-state index contributed by atoms with van der Waals surface area (Å²) in [6.45, 7) is 0.880. The summed E-state index contributed by atoms with van der Waals surface area (Å²) in [7, 11) is 1.97. The minimum Gasteiger partial charge on any atom is -0.490 e. The van der Waals surface area contributed by atoms with Crippen molar-refractivity contribution in [1.29, 1.82) is 0 Å². The average Bonchev–Trinajstić information content (AvgIpc) is 2.78. The molecule has 1 aliphatic carbocycles. The largest absolute Gasteiger partial charge is 0.490 e. The first-order valence-corrected chi connectivity index (χ1v) is 10.5. The van der Waals surface area contributed by atoms with Crippen molar-refractivity contribution in [2.45, 2.75) is 38.1 Å². The SMILES string of the molecule is CN(C(=S)NC(=O)c1ccc(OCCOc2ccccc2)cc1)C1CCCCC1. The van der Waals surface area contributed by atoms with E-state index in [0.717, 1.165) is 18.6 Å². The number of para-hydroxylation sites is 1.